The van der Waals surface area contributed by atoms with Crippen LogP contribution in [0.2, 0.25) is 0 Å². The average molecular weight is 161 g/mol. The Morgan fingerprint density at radius 2 is 2.36 bits per heavy atom. The number of halogens is 2. The molecule has 0 amide bonds. The number of hydrogen-bond donors (Lipinski definition) is 1. The molecule has 0 aliphatic heterocycles. The Labute approximate surface area is 62.8 Å². The van der Waals surface area contributed by atoms with E-state index >= 15 is 0 Å². The first kappa shape index (κ1) is 8.13. The fraction of sp³-hybridized carbons (Fsp3) is 0.500. The van der Waals surface area contributed by atoms with Gasteiger partial charge < -0.3 is 5.73 Å². The van der Waals surface area contributed by atoms with Gasteiger partial charge in [0.25, 0.3) is 0 Å². The fourth-order valence-electron chi connectivity index (χ4n) is 0.863. The number of nitrogens with zero attached hydrogens (tertiary/aromatic N) is 2. The van der Waals surface area contributed by atoms with E-state index in [4.69, 9.17) is 5.73 Å². The van der Waals surface area contributed by atoms with Crippen molar-refractivity contribution in [2.24, 2.45) is 5.73 Å². The molecular formula is C6H9F2N3. The molecule has 5 heteroatoms. The number of hydrogen-bond acceptors (Lipinski definition) is 2. The van der Waals surface area contributed by atoms with Crippen molar-refractivity contribution in [1.29, 1.82) is 0 Å². The Morgan fingerprint density at radius 3 is 2.91 bits per heavy atom. The second-order valence-electron chi connectivity index (χ2n) is 2.08. The maximum atomic E-state index is 12.0. The first-order valence-electron chi connectivity index (χ1n) is 3.26. The molecule has 0 atom stereocenters. The molecule has 62 valence electrons. The summed E-state index contributed by atoms with van der Waals surface area (Å²) in [4.78, 5) is 0. The second kappa shape index (κ2) is 3.43. The quantitative estimate of drug-likeness (QED) is 0.711. The van der Waals surface area contributed by atoms with Crippen LogP contribution in [-0.2, 0) is 6.42 Å². The molecule has 1 aromatic rings. The van der Waals surface area contributed by atoms with Gasteiger partial charge in [0.2, 0.25) is 0 Å². The van der Waals surface area contributed by atoms with Crippen molar-refractivity contribution < 1.29 is 8.78 Å². The molecule has 0 spiro atoms. The van der Waals surface area contributed by atoms with Gasteiger partial charge in [0.1, 0.15) is 0 Å². The minimum Gasteiger partial charge on any atom is -0.330 e. The van der Waals surface area contributed by atoms with E-state index in [-0.39, 0.29) is 0 Å². The molecule has 1 rings (SSSR count). The van der Waals surface area contributed by atoms with Crippen molar-refractivity contribution in [1.82, 2.24) is 9.78 Å². The topological polar surface area (TPSA) is 43.8 Å². The number of alkyl halides is 2. The Bertz CT molecular complexity index is 221. The molecule has 0 saturated carbocycles. The number of rotatable bonds is 3. The van der Waals surface area contributed by atoms with E-state index in [0.717, 1.165) is 0 Å². The Balaban J connectivity index is 2.78. The lowest BCUT2D eigenvalue weighted by molar-refractivity contribution is 0.0535. The van der Waals surface area contributed by atoms with Crippen LogP contribution in [-0.4, -0.2) is 16.3 Å². The van der Waals surface area contributed by atoms with Crippen LogP contribution in [0.5, 0.6) is 0 Å². The molecule has 0 aliphatic rings. The van der Waals surface area contributed by atoms with Crippen molar-refractivity contribution in [3.63, 3.8) is 0 Å². The van der Waals surface area contributed by atoms with Crippen LogP contribution in [0.4, 0.5) is 8.78 Å². The molecule has 0 aromatic carbocycles. The van der Waals surface area contributed by atoms with Gasteiger partial charge in [0.05, 0.1) is 0 Å². The molecule has 0 radical (unpaired) electrons. The Kier molecular flexibility index (Phi) is 2.53. The molecule has 3 nitrogen and oxygen atoms in total. The molecule has 0 unspecified atom stereocenters. The third-order valence-corrected chi connectivity index (χ3v) is 1.34. The maximum absolute atomic E-state index is 12.0. The summed E-state index contributed by atoms with van der Waals surface area (Å²) in [6, 6.07) is 1.54. The van der Waals surface area contributed by atoms with Gasteiger partial charge in [0.15, 0.2) is 0 Å². The lowest BCUT2D eigenvalue weighted by atomic mass is 10.3. The molecular weight excluding hydrogens is 152 g/mol. The predicted molar refractivity (Wildman–Crippen MR) is 36.2 cm³/mol. The van der Waals surface area contributed by atoms with Gasteiger partial charge >= 0.3 is 6.55 Å². The largest absolute Gasteiger partial charge is 0.333 e. The summed E-state index contributed by atoms with van der Waals surface area (Å²) in [5, 5.41) is 3.45. The lowest BCUT2D eigenvalue weighted by Crippen LogP contribution is -2.10. The van der Waals surface area contributed by atoms with Gasteiger partial charge in [-0.15, -0.1) is 0 Å². The van der Waals surface area contributed by atoms with Crippen molar-refractivity contribution in [3.05, 3.63) is 18.0 Å². The number of nitrogens with two attached hydrogens (primary N) is 1. The monoisotopic (exact) mass is 161 g/mol. The van der Waals surface area contributed by atoms with Crippen LogP contribution in [0.25, 0.3) is 0 Å². The molecule has 0 saturated heterocycles. The summed E-state index contributed by atoms with van der Waals surface area (Å²) in [6.45, 7) is -2.20. The Morgan fingerprint density at radius 1 is 1.64 bits per heavy atom. The summed E-state index contributed by atoms with van der Waals surface area (Å²) >= 11 is 0. The summed E-state index contributed by atoms with van der Waals surface area (Å²) in [5.74, 6) is 0. The standard InChI is InChI=1S/C6H9F2N3/c7-6(8)11-5(1-3-9)2-4-10-11/h2,4,6H,1,3,9H2. The maximum Gasteiger partial charge on any atom is 0.333 e. The summed E-state index contributed by atoms with van der Waals surface area (Å²) in [5.41, 5.74) is 5.68. The predicted octanol–water partition coefficient (Wildman–Crippen LogP) is 0.779. The van der Waals surface area contributed by atoms with Crippen molar-refractivity contribution in [3.8, 4) is 0 Å². The van der Waals surface area contributed by atoms with E-state index in [1.165, 1.54) is 6.20 Å². The van der Waals surface area contributed by atoms with Gasteiger partial charge in [-0.25, -0.2) is 4.68 Å². The normalized spacial score (nSPS) is 10.9. The van der Waals surface area contributed by atoms with Gasteiger partial charge in [-0.2, -0.15) is 13.9 Å². The molecule has 11 heavy (non-hydrogen) atoms. The first-order valence-corrected chi connectivity index (χ1v) is 3.26. The van der Waals surface area contributed by atoms with Crippen LogP contribution in [0, 0.1) is 0 Å². The summed E-state index contributed by atoms with van der Waals surface area (Å²) < 4.78 is 24.8. The third kappa shape index (κ3) is 1.74. The number of aromatic nitrogens is 2. The van der Waals surface area contributed by atoms with Crippen LogP contribution >= 0.6 is 0 Å². The Hall–Kier alpha value is -0.970. The van der Waals surface area contributed by atoms with Crippen molar-refractivity contribution in [2.75, 3.05) is 6.54 Å². The van der Waals surface area contributed by atoms with Crippen LogP contribution in [0.1, 0.15) is 12.2 Å². The first-order chi connectivity index (χ1) is 5.25. The lowest BCUT2D eigenvalue weighted by Gasteiger charge is -2.03. The van der Waals surface area contributed by atoms with Crippen LogP contribution in [0.3, 0.4) is 0 Å². The van der Waals surface area contributed by atoms with Crippen molar-refractivity contribution >= 4 is 0 Å². The molecule has 1 heterocycles. The van der Waals surface area contributed by atoms with Gasteiger partial charge in [-0.05, 0) is 12.6 Å². The fourth-order valence-corrected chi connectivity index (χ4v) is 0.863. The highest BCUT2D eigenvalue weighted by atomic mass is 19.3. The molecule has 1 aromatic heterocycles. The highest BCUT2D eigenvalue weighted by Crippen LogP contribution is 2.11. The molecule has 2 N–H and O–H groups in total. The van der Waals surface area contributed by atoms with Crippen LogP contribution in [0.15, 0.2) is 12.3 Å². The van der Waals surface area contributed by atoms with E-state index in [1.54, 1.807) is 6.07 Å². The highest BCUT2D eigenvalue weighted by molar-refractivity contribution is 5.00. The zero-order chi connectivity index (χ0) is 8.27. The average Bonchev–Trinajstić information content (AvgIpc) is 2.36. The third-order valence-electron chi connectivity index (χ3n) is 1.34. The molecule has 0 aliphatic carbocycles. The minimum atomic E-state index is -2.56. The van der Waals surface area contributed by atoms with E-state index in [1.807, 2.05) is 0 Å². The SMILES string of the molecule is NCCc1ccnn1C(F)F. The molecule has 0 bridgehead atoms. The van der Waals surface area contributed by atoms with Gasteiger partial charge in [0, 0.05) is 18.3 Å². The second-order valence-corrected chi connectivity index (χ2v) is 2.08. The highest BCUT2D eigenvalue weighted by Gasteiger charge is 2.09. The van der Waals surface area contributed by atoms with E-state index < -0.39 is 6.55 Å². The zero-order valence-corrected chi connectivity index (χ0v) is 5.87. The minimum absolute atomic E-state index is 0.360. The van der Waals surface area contributed by atoms with E-state index in [2.05, 4.69) is 5.10 Å². The zero-order valence-electron chi connectivity index (χ0n) is 5.87. The summed E-state index contributed by atoms with van der Waals surface area (Å²) in [6.07, 6.45) is 1.78. The van der Waals surface area contributed by atoms with Gasteiger partial charge in [-0.1, -0.05) is 0 Å². The van der Waals surface area contributed by atoms with Crippen LogP contribution < -0.4 is 5.73 Å². The smallest absolute Gasteiger partial charge is 0.330 e. The molecule has 0 fully saturated rings. The van der Waals surface area contributed by atoms with E-state index in [0.29, 0.717) is 23.3 Å². The van der Waals surface area contributed by atoms with Crippen molar-refractivity contribution in [2.45, 2.75) is 13.0 Å². The van der Waals surface area contributed by atoms with E-state index in [9.17, 15) is 8.78 Å². The van der Waals surface area contributed by atoms with Gasteiger partial charge in [-0.3, -0.25) is 0 Å². The summed E-state index contributed by atoms with van der Waals surface area (Å²) in [7, 11) is 0.